The highest BCUT2D eigenvalue weighted by atomic mass is 19.1. The zero-order valence-electron chi connectivity index (χ0n) is 20.2. The van der Waals surface area contributed by atoms with Crippen LogP contribution in [0.2, 0.25) is 0 Å². The Morgan fingerprint density at radius 2 is 2.09 bits per heavy atom. The van der Waals surface area contributed by atoms with Gasteiger partial charge in [0.05, 0.1) is 24.8 Å². The number of carbonyl (C=O) groups excluding carboxylic acids is 2. The van der Waals surface area contributed by atoms with Gasteiger partial charge in [0.2, 0.25) is 5.88 Å². The molecule has 2 aromatic rings. The zero-order valence-corrected chi connectivity index (χ0v) is 20.2. The third kappa shape index (κ3) is 6.15. The molecule has 0 fully saturated rings. The maximum atomic E-state index is 14.2. The number of carbonyl (C=O) groups is 2. The molecule has 8 nitrogen and oxygen atoms in total. The van der Waals surface area contributed by atoms with Crippen LogP contribution in [0.4, 0.5) is 4.39 Å². The number of ether oxygens (including phenoxy) is 1. The van der Waals surface area contributed by atoms with Crippen molar-refractivity contribution < 1.29 is 28.9 Å². The van der Waals surface area contributed by atoms with E-state index in [0.29, 0.717) is 5.56 Å². The normalized spacial score (nSPS) is 19.3. The average Bonchev–Trinajstić information content (AvgIpc) is 2.84. The van der Waals surface area contributed by atoms with Gasteiger partial charge in [-0.2, -0.15) is 0 Å². The molecule has 35 heavy (non-hydrogen) atoms. The van der Waals surface area contributed by atoms with Crippen LogP contribution in [-0.4, -0.2) is 81.8 Å². The monoisotopic (exact) mass is 483 g/mol. The Hall–Kier alpha value is -3.48. The van der Waals surface area contributed by atoms with Gasteiger partial charge < -0.3 is 24.7 Å². The Morgan fingerprint density at radius 3 is 2.74 bits per heavy atom. The lowest BCUT2D eigenvalue weighted by atomic mass is 9.99. The average molecular weight is 484 g/mol. The number of hydrogen-bond acceptors (Lipinski definition) is 6. The molecule has 2 amide bonds. The van der Waals surface area contributed by atoms with Crippen LogP contribution in [0.5, 0.6) is 5.88 Å². The van der Waals surface area contributed by atoms with Gasteiger partial charge in [0.25, 0.3) is 11.8 Å². The second-order valence-electron chi connectivity index (χ2n) is 8.81. The summed E-state index contributed by atoms with van der Waals surface area (Å²) in [6.07, 6.45) is 0.0271. The molecule has 0 saturated carbocycles. The van der Waals surface area contributed by atoms with Crippen LogP contribution in [0.3, 0.4) is 0 Å². The molecule has 0 spiro atoms. The molecule has 0 unspecified atom stereocenters. The van der Waals surface area contributed by atoms with Gasteiger partial charge in [-0.05, 0) is 32.0 Å². The van der Waals surface area contributed by atoms with Gasteiger partial charge in [0.15, 0.2) is 0 Å². The number of hydrogen-bond donors (Lipinski definition) is 2. The lowest BCUT2D eigenvalue weighted by Crippen LogP contribution is -2.50. The molecule has 0 radical (unpaired) electrons. The highest BCUT2D eigenvalue weighted by Crippen LogP contribution is 2.27. The highest BCUT2D eigenvalue weighted by Gasteiger charge is 2.35. The first-order valence-corrected chi connectivity index (χ1v) is 11.4. The third-order valence-electron chi connectivity index (χ3n) is 5.85. The Bertz CT molecular complexity index is 1140. The Labute approximate surface area is 204 Å². The van der Waals surface area contributed by atoms with E-state index in [2.05, 4.69) is 16.8 Å². The molecule has 1 aromatic carbocycles. The minimum Gasteiger partial charge on any atom is -0.472 e. The fraction of sp³-hybridized carbons (Fsp3) is 0.423. The number of nitrogens with zero attached hydrogens (tertiary/aromatic N) is 3. The van der Waals surface area contributed by atoms with Crippen molar-refractivity contribution in [3.05, 3.63) is 59.0 Å². The van der Waals surface area contributed by atoms with Crippen LogP contribution in [-0.2, 0) is 0 Å². The number of likely N-dealkylation sites (N-methyl/N-ethyl adjacent to an activating group) is 1. The first-order chi connectivity index (χ1) is 16.6. The predicted octanol–water partition coefficient (Wildman–Crippen LogP) is 1.95. The van der Waals surface area contributed by atoms with Gasteiger partial charge in [-0.15, -0.1) is 0 Å². The van der Waals surface area contributed by atoms with Crippen molar-refractivity contribution in [2.75, 3.05) is 26.7 Å². The molecule has 3 rings (SSSR count). The molecule has 4 atom stereocenters. The van der Waals surface area contributed by atoms with Crippen LogP contribution >= 0.6 is 0 Å². The van der Waals surface area contributed by atoms with Crippen molar-refractivity contribution in [3.63, 3.8) is 0 Å². The molecule has 9 heteroatoms. The fourth-order valence-electron chi connectivity index (χ4n) is 3.77. The predicted molar refractivity (Wildman–Crippen MR) is 127 cm³/mol. The van der Waals surface area contributed by atoms with Gasteiger partial charge in [0, 0.05) is 31.3 Å². The largest absolute Gasteiger partial charge is 0.472 e. The summed E-state index contributed by atoms with van der Waals surface area (Å²) in [4.78, 5) is 33.5. The molecule has 1 aromatic heterocycles. The molecule has 0 saturated heterocycles. The van der Waals surface area contributed by atoms with E-state index in [1.165, 1.54) is 36.2 Å². The molecule has 2 heterocycles. The SMILES string of the molecule is C[C@H](CO)N1C[C@H](C)[C@@H](CN(C)C(=O)c2ccccc2F)Oc2ncc(C#C[C@@H](C)O)cc2C1=O. The van der Waals surface area contributed by atoms with Crippen LogP contribution in [0.25, 0.3) is 0 Å². The number of aromatic nitrogens is 1. The minimum absolute atomic E-state index is 0.0425. The number of fused-ring (bicyclic) bond motifs is 1. The lowest BCUT2D eigenvalue weighted by molar-refractivity contribution is 0.0312. The van der Waals surface area contributed by atoms with Crippen LogP contribution in [0.15, 0.2) is 36.5 Å². The second-order valence-corrected chi connectivity index (χ2v) is 8.81. The standard InChI is InChI=1S/C26H30FN3O5/c1-16-13-30(17(2)15-31)26(34)21-11-19(10-9-18(3)32)12-28-24(21)35-23(16)14-29(4)25(33)20-7-5-6-8-22(20)27/h5-8,11-12,16-18,23,31-32H,13-15H2,1-4H3/t16-,17+,18+,23+/m0/s1. The van der Waals surface area contributed by atoms with E-state index < -0.39 is 30.0 Å². The molecule has 0 aliphatic carbocycles. The quantitative estimate of drug-likeness (QED) is 0.631. The molecule has 1 aliphatic rings. The number of halogens is 1. The number of rotatable bonds is 5. The summed E-state index contributed by atoms with van der Waals surface area (Å²) in [5.41, 5.74) is 0.553. The van der Waals surface area contributed by atoms with Gasteiger partial charge in [-0.25, -0.2) is 9.37 Å². The molecule has 0 bridgehead atoms. The number of benzene rings is 1. The molecule has 2 N–H and O–H groups in total. The summed E-state index contributed by atoms with van der Waals surface area (Å²) in [6, 6.07) is 6.83. The van der Waals surface area contributed by atoms with Crippen molar-refractivity contribution in [1.82, 2.24) is 14.8 Å². The van der Waals surface area contributed by atoms with Gasteiger partial charge in [-0.1, -0.05) is 30.9 Å². The fourth-order valence-corrected chi connectivity index (χ4v) is 3.77. The minimum atomic E-state index is -0.845. The van der Waals surface area contributed by atoms with Gasteiger partial charge in [0.1, 0.15) is 23.6 Å². The Kier molecular flexibility index (Phi) is 8.43. The van der Waals surface area contributed by atoms with Crippen molar-refractivity contribution in [2.24, 2.45) is 5.92 Å². The van der Waals surface area contributed by atoms with Crippen molar-refractivity contribution in [3.8, 4) is 17.7 Å². The number of amides is 2. The van der Waals surface area contributed by atoms with E-state index in [1.54, 1.807) is 31.0 Å². The maximum absolute atomic E-state index is 14.2. The lowest BCUT2D eigenvalue weighted by Gasteiger charge is -2.37. The third-order valence-corrected chi connectivity index (χ3v) is 5.85. The number of aliphatic hydroxyl groups excluding tert-OH is 2. The molecule has 186 valence electrons. The van der Waals surface area contributed by atoms with Crippen molar-refractivity contribution in [1.29, 1.82) is 0 Å². The number of pyridine rings is 1. The van der Waals surface area contributed by atoms with Crippen molar-refractivity contribution in [2.45, 2.75) is 39.0 Å². The summed E-state index contributed by atoms with van der Waals surface area (Å²) in [5.74, 6) is 3.76. The van der Waals surface area contributed by atoms with E-state index in [4.69, 9.17) is 4.74 Å². The van der Waals surface area contributed by atoms with E-state index >= 15 is 0 Å². The molecule has 1 aliphatic heterocycles. The Morgan fingerprint density at radius 1 is 1.37 bits per heavy atom. The van der Waals surface area contributed by atoms with Crippen LogP contribution in [0, 0.1) is 23.6 Å². The maximum Gasteiger partial charge on any atom is 0.259 e. The summed E-state index contributed by atoms with van der Waals surface area (Å²) < 4.78 is 20.3. The molecular weight excluding hydrogens is 453 g/mol. The van der Waals surface area contributed by atoms with Crippen LogP contribution < -0.4 is 4.74 Å². The van der Waals surface area contributed by atoms with E-state index in [-0.39, 0.29) is 48.5 Å². The summed E-state index contributed by atoms with van der Waals surface area (Å²) in [6.45, 7) is 5.28. The topological polar surface area (TPSA) is 103 Å². The van der Waals surface area contributed by atoms with E-state index in [9.17, 15) is 24.2 Å². The van der Waals surface area contributed by atoms with Gasteiger partial charge >= 0.3 is 0 Å². The van der Waals surface area contributed by atoms with Gasteiger partial charge in [-0.3, -0.25) is 9.59 Å². The zero-order chi connectivity index (χ0) is 25.7. The first kappa shape index (κ1) is 26.1. The van der Waals surface area contributed by atoms with Crippen LogP contribution in [0.1, 0.15) is 47.1 Å². The second kappa shape index (κ2) is 11.3. The summed E-state index contributed by atoms with van der Waals surface area (Å²) in [5, 5.41) is 19.2. The first-order valence-electron chi connectivity index (χ1n) is 11.4. The smallest absolute Gasteiger partial charge is 0.259 e. The molecular formula is C26H30FN3O5. The van der Waals surface area contributed by atoms with Crippen molar-refractivity contribution >= 4 is 11.8 Å². The highest BCUT2D eigenvalue weighted by molar-refractivity contribution is 5.97. The Balaban J connectivity index is 1.96. The summed E-state index contributed by atoms with van der Waals surface area (Å²) >= 11 is 0. The van der Waals surface area contributed by atoms with E-state index in [1.807, 2.05) is 6.92 Å². The summed E-state index contributed by atoms with van der Waals surface area (Å²) in [7, 11) is 1.56. The van der Waals surface area contributed by atoms with E-state index in [0.717, 1.165) is 0 Å². The number of aliphatic hydroxyl groups is 2.